The number of hydrogen-bond acceptors (Lipinski definition) is 6. The highest BCUT2D eigenvalue weighted by atomic mass is 16.5. The first-order valence-corrected chi connectivity index (χ1v) is 17.6. The van der Waals surface area contributed by atoms with Gasteiger partial charge in [-0.15, -0.1) is 0 Å². The molecule has 7 heteroatoms. The molecule has 0 radical (unpaired) electrons. The van der Waals surface area contributed by atoms with Gasteiger partial charge in [0.05, 0.1) is 16.7 Å². The number of benzene rings is 5. The van der Waals surface area contributed by atoms with E-state index in [2.05, 4.69) is 132 Å². The van der Waals surface area contributed by atoms with Crippen molar-refractivity contribution in [3.8, 4) is 17.3 Å². The average molecular weight is 678 g/mol. The van der Waals surface area contributed by atoms with E-state index in [9.17, 15) is 0 Å². The molecule has 0 aliphatic carbocycles. The summed E-state index contributed by atoms with van der Waals surface area (Å²) >= 11 is 0. The monoisotopic (exact) mass is 677 g/mol. The molecule has 0 saturated heterocycles. The van der Waals surface area contributed by atoms with Crippen LogP contribution in [-0.2, 0) is 5.41 Å². The molecule has 10 rings (SSSR count). The van der Waals surface area contributed by atoms with Crippen LogP contribution < -0.4 is 14.5 Å². The van der Waals surface area contributed by atoms with Crippen LogP contribution in [0.2, 0.25) is 0 Å². The van der Waals surface area contributed by atoms with E-state index < -0.39 is 0 Å². The minimum atomic E-state index is 0.000978. The summed E-state index contributed by atoms with van der Waals surface area (Å²) in [5, 5.41) is 4.53. The van der Waals surface area contributed by atoms with E-state index in [1.54, 1.807) is 0 Å². The standard InChI is InChI=1S/C45H35N5O2/c1-45(2,3)29-21-23-46-43(24-29)50-38-14-6-4-12-34(38)35-19-18-33(27-40(35)50)51-32-11-8-10-30(25-32)48-28-49(44-39(48)15-9-22-47-44)31-17-20-42-37(26-31)36-13-5-7-16-41(36)52-42/h4-27H,28H2,1-3H3. The molecule has 0 bridgehead atoms. The van der Waals surface area contributed by atoms with Crippen LogP contribution in [-0.4, -0.2) is 21.2 Å². The van der Waals surface area contributed by atoms with Gasteiger partial charge in [0.2, 0.25) is 0 Å². The molecule has 0 saturated carbocycles. The summed E-state index contributed by atoms with van der Waals surface area (Å²) in [7, 11) is 0. The summed E-state index contributed by atoms with van der Waals surface area (Å²) < 4.78 is 15.0. The second-order valence-electron chi connectivity index (χ2n) is 14.4. The molecule has 1 aliphatic heterocycles. The zero-order valence-electron chi connectivity index (χ0n) is 29.1. The number of furan rings is 1. The lowest BCUT2D eigenvalue weighted by atomic mass is 9.88. The number of anilines is 4. The fourth-order valence-electron chi connectivity index (χ4n) is 7.52. The van der Waals surface area contributed by atoms with Gasteiger partial charge in [0.25, 0.3) is 0 Å². The van der Waals surface area contributed by atoms with Gasteiger partial charge in [-0.2, -0.15) is 0 Å². The van der Waals surface area contributed by atoms with Crippen molar-refractivity contribution in [1.29, 1.82) is 0 Å². The number of aromatic nitrogens is 3. The molecule has 0 unspecified atom stereocenters. The molecule has 52 heavy (non-hydrogen) atoms. The molecule has 4 aromatic heterocycles. The van der Waals surface area contributed by atoms with E-state index in [1.165, 1.54) is 10.9 Å². The first-order valence-electron chi connectivity index (χ1n) is 17.6. The van der Waals surface area contributed by atoms with Crippen molar-refractivity contribution in [2.24, 2.45) is 0 Å². The number of para-hydroxylation sites is 2. The first-order chi connectivity index (χ1) is 25.4. The highest BCUT2D eigenvalue weighted by molar-refractivity contribution is 6.09. The smallest absolute Gasteiger partial charge is 0.158 e. The van der Waals surface area contributed by atoms with Crippen LogP contribution in [0.5, 0.6) is 11.5 Å². The maximum absolute atomic E-state index is 6.63. The van der Waals surface area contributed by atoms with Crippen LogP contribution in [0.15, 0.2) is 150 Å². The molecular formula is C45H35N5O2. The highest BCUT2D eigenvalue weighted by Crippen LogP contribution is 2.45. The summed E-state index contributed by atoms with van der Waals surface area (Å²) in [5.41, 5.74) is 8.27. The summed E-state index contributed by atoms with van der Waals surface area (Å²) in [6.07, 6.45) is 3.76. The highest BCUT2D eigenvalue weighted by Gasteiger charge is 2.30. The molecule has 0 fully saturated rings. The second kappa shape index (κ2) is 11.5. The van der Waals surface area contributed by atoms with E-state index in [0.29, 0.717) is 6.67 Å². The van der Waals surface area contributed by atoms with Crippen molar-refractivity contribution in [1.82, 2.24) is 14.5 Å². The Labute approximate surface area is 300 Å². The van der Waals surface area contributed by atoms with E-state index in [1.807, 2.05) is 48.8 Å². The lowest BCUT2D eigenvalue weighted by molar-refractivity contribution is 0.483. The Hall–Kier alpha value is -6.60. The van der Waals surface area contributed by atoms with Gasteiger partial charge in [0.15, 0.2) is 5.82 Å². The number of rotatable bonds is 5. The number of nitrogens with zero attached hydrogens (tertiary/aromatic N) is 5. The molecule has 1 aliphatic rings. The molecule has 7 nitrogen and oxygen atoms in total. The van der Waals surface area contributed by atoms with Crippen molar-refractivity contribution in [3.63, 3.8) is 0 Å². The minimum absolute atomic E-state index is 0.000978. The predicted molar refractivity (Wildman–Crippen MR) is 211 cm³/mol. The molecule has 0 N–H and O–H groups in total. The summed E-state index contributed by atoms with van der Waals surface area (Å²) in [4.78, 5) is 14.2. The van der Waals surface area contributed by atoms with Gasteiger partial charge in [-0.05, 0) is 89.8 Å². The Morgan fingerprint density at radius 2 is 1.37 bits per heavy atom. The van der Waals surface area contributed by atoms with Crippen molar-refractivity contribution in [2.45, 2.75) is 26.2 Å². The second-order valence-corrected chi connectivity index (χ2v) is 14.4. The SMILES string of the molecule is CC(C)(C)c1ccnc(-n2c3ccccc3c3ccc(Oc4cccc(N5CN(c6ccc7oc8ccccc8c7c6)c6ncccc65)c4)cc32)c1. The molecule has 252 valence electrons. The van der Waals surface area contributed by atoms with Gasteiger partial charge < -0.3 is 19.0 Å². The number of ether oxygens (including phenoxy) is 1. The molecule has 5 aromatic carbocycles. The van der Waals surface area contributed by atoms with Crippen molar-refractivity contribution >= 4 is 66.6 Å². The number of fused-ring (bicyclic) bond motifs is 7. The Balaban J connectivity index is 1.00. The average Bonchev–Trinajstić information content (AvgIpc) is 3.84. The quantitative estimate of drug-likeness (QED) is 0.181. The Kier molecular flexibility index (Phi) is 6.67. The van der Waals surface area contributed by atoms with E-state index >= 15 is 0 Å². The summed E-state index contributed by atoms with van der Waals surface area (Å²) in [5.74, 6) is 3.31. The van der Waals surface area contributed by atoms with Crippen molar-refractivity contribution in [2.75, 3.05) is 16.5 Å². The topological polar surface area (TPSA) is 59.6 Å². The van der Waals surface area contributed by atoms with Crippen LogP contribution in [0.3, 0.4) is 0 Å². The van der Waals surface area contributed by atoms with Crippen LogP contribution in [0.1, 0.15) is 26.3 Å². The third kappa shape index (κ3) is 4.88. The maximum Gasteiger partial charge on any atom is 0.158 e. The fraction of sp³-hybridized carbons (Fsp3) is 0.111. The molecule has 9 aromatic rings. The largest absolute Gasteiger partial charge is 0.457 e. The Bertz CT molecular complexity index is 2830. The maximum atomic E-state index is 6.63. The van der Waals surface area contributed by atoms with E-state index in [-0.39, 0.29) is 5.41 Å². The zero-order valence-corrected chi connectivity index (χ0v) is 29.1. The lowest BCUT2D eigenvalue weighted by Gasteiger charge is -2.22. The molecule has 0 amide bonds. The van der Waals surface area contributed by atoms with Gasteiger partial charge in [0, 0.05) is 57.4 Å². The first kappa shape index (κ1) is 30.2. The Morgan fingerprint density at radius 3 is 2.27 bits per heavy atom. The summed E-state index contributed by atoms with van der Waals surface area (Å²) in [6.45, 7) is 7.29. The Morgan fingerprint density at radius 1 is 0.577 bits per heavy atom. The van der Waals surface area contributed by atoms with Crippen LogP contribution >= 0.6 is 0 Å². The zero-order chi connectivity index (χ0) is 35.0. The molecule has 0 spiro atoms. The van der Waals surface area contributed by atoms with Crippen LogP contribution in [0.25, 0.3) is 49.6 Å². The summed E-state index contributed by atoms with van der Waals surface area (Å²) in [6, 6.07) is 46.1. The van der Waals surface area contributed by atoms with Crippen LogP contribution in [0, 0.1) is 0 Å². The number of hydrogen-bond donors (Lipinski definition) is 0. The van der Waals surface area contributed by atoms with Gasteiger partial charge in [-0.1, -0.05) is 63.2 Å². The lowest BCUT2D eigenvalue weighted by Crippen LogP contribution is -2.24. The van der Waals surface area contributed by atoms with E-state index in [4.69, 9.17) is 19.1 Å². The third-order valence-electron chi connectivity index (χ3n) is 10.1. The van der Waals surface area contributed by atoms with E-state index in [0.717, 1.165) is 78.6 Å². The predicted octanol–water partition coefficient (Wildman–Crippen LogP) is 11.8. The normalized spacial score (nSPS) is 13.1. The van der Waals surface area contributed by atoms with Gasteiger partial charge in [0.1, 0.15) is 35.2 Å². The fourth-order valence-corrected chi connectivity index (χ4v) is 7.52. The van der Waals surface area contributed by atoms with Gasteiger partial charge in [-0.3, -0.25) is 4.57 Å². The van der Waals surface area contributed by atoms with Crippen LogP contribution in [0.4, 0.5) is 22.9 Å². The molecule has 0 atom stereocenters. The van der Waals surface area contributed by atoms with Gasteiger partial charge >= 0.3 is 0 Å². The van der Waals surface area contributed by atoms with Crippen molar-refractivity contribution in [3.05, 3.63) is 151 Å². The van der Waals surface area contributed by atoms with Crippen molar-refractivity contribution < 1.29 is 9.15 Å². The minimum Gasteiger partial charge on any atom is -0.457 e. The third-order valence-corrected chi connectivity index (χ3v) is 10.1. The molecular weight excluding hydrogens is 643 g/mol. The van der Waals surface area contributed by atoms with Gasteiger partial charge in [-0.25, -0.2) is 9.97 Å². The number of pyridine rings is 2. The molecule has 5 heterocycles.